The third-order valence-corrected chi connectivity index (χ3v) is 4.15. The average Bonchev–Trinajstić information content (AvgIpc) is 2.54. The van der Waals surface area contributed by atoms with Crippen molar-refractivity contribution >= 4 is 18.3 Å². The molecule has 0 radical (unpaired) electrons. The molecule has 2 heterocycles. The third-order valence-electron chi connectivity index (χ3n) is 4.15. The van der Waals surface area contributed by atoms with E-state index in [9.17, 15) is 4.79 Å². The van der Waals surface area contributed by atoms with Gasteiger partial charge in [-0.1, -0.05) is 24.3 Å². The average molecular weight is 326 g/mol. The minimum Gasteiger partial charge on any atom is -0.368 e. The van der Waals surface area contributed by atoms with Crippen LogP contribution in [0.5, 0.6) is 0 Å². The number of hydrogen-bond donors (Lipinski definition) is 3. The summed E-state index contributed by atoms with van der Waals surface area (Å²) in [5.41, 5.74) is 2.47. The van der Waals surface area contributed by atoms with Crippen molar-refractivity contribution in [3.8, 4) is 0 Å². The van der Waals surface area contributed by atoms with Crippen molar-refractivity contribution in [3.63, 3.8) is 0 Å². The number of hydrogen-bond acceptors (Lipinski definition) is 4. The fourth-order valence-electron chi connectivity index (χ4n) is 2.99. The second-order valence-electron chi connectivity index (χ2n) is 5.66. The zero-order valence-electron chi connectivity index (χ0n) is 12.6. The highest BCUT2D eigenvalue weighted by atomic mass is 35.5. The molecule has 1 saturated heterocycles. The molecule has 22 heavy (non-hydrogen) atoms. The number of halogens is 1. The summed E-state index contributed by atoms with van der Waals surface area (Å²) in [6.45, 7) is 2.98. The first kappa shape index (κ1) is 17.2. The molecule has 1 atom stereocenters. The maximum Gasteiger partial charge on any atom is 0.247 e. The molecule has 2 aliphatic heterocycles. The molecule has 1 aromatic rings. The number of rotatable bonds is 4. The summed E-state index contributed by atoms with van der Waals surface area (Å²) >= 11 is 0. The lowest BCUT2D eigenvalue weighted by Crippen LogP contribution is -2.44. The van der Waals surface area contributed by atoms with Gasteiger partial charge >= 0.3 is 0 Å². The molecule has 1 fully saturated rings. The highest BCUT2D eigenvalue weighted by Gasteiger charge is 2.21. The number of nitrogens with one attached hydrogen (secondary N) is 3. The van der Waals surface area contributed by atoms with Gasteiger partial charge in [0.25, 0.3) is 0 Å². The van der Waals surface area contributed by atoms with Crippen LogP contribution in [-0.4, -0.2) is 38.3 Å². The van der Waals surface area contributed by atoms with E-state index in [1.165, 1.54) is 11.1 Å². The van der Waals surface area contributed by atoms with E-state index in [4.69, 9.17) is 4.74 Å². The van der Waals surface area contributed by atoms with Crippen LogP contribution in [-0.2, 0) is 16.0 Å². The first-order valence-electron chi connectivity index (χ1n) is 7.76. The Kier molecular flexibility index (Phi) is 6.64. The Morgan fingerprint density at radius 2 is 2.00 bits per heavy atom. The molecule has 0 spiro atoms. The summed E-state index contributed by atoms with van der Waals surface area (Å²) in [6, 6.07) is 8.25. The number of carbonyl (C=O) groups excluding carboxylic acids is 1. The summed E-state index contributed by atoms with van der Waals surface area (Å²) in [7, 11) is 0. The second kappa shape index (κ2) is 8.48. The van der Waals surface area contributed by atoms with Crippen molar-refractivity contribution in [2.75, 3.05) is 26.2 Å². The Bertz CT molecular complexity index is 492. The van der Waals surface area contributed by atoms with Crippen LogP contribution in [0.3, 0.4) is 0 Å². The fourth-order valence-corrected chi connectivity index (χ4v) is 2.99. The van der Waals surface area contributed by atoms with Gasteiger partial charge in [0.1, 0.15) is 12.8 Å². The quantitative estimate of drug-likeness (QED) is 0.777. The normalized spacial score (nSPS) is 21.5. The standard InChI is InChI=1S/C16H23N3O2.ClH/c20-15(11-21-13-6-8-17-9-7-13)19-16-14-4-2-1-3-12(14)5-10-18-16;/h1-4,13,16-18H,5-11H2,(H,19,20);1H. The highest BCUT2D eigenvalue weighted by molar-refractivity contribution is 5.85. The van der Waals surface area contributed by atoms with Gasteiger partial charge in [0.05, 0.1) is 6.10 Å². The molecule has 3 rings (SSSR count). The van der Waals surface area contributed by atoms with Crippen molar-refractivity contribution in [1.82, 2.24) is 16.0 Å². The number of ether oxygens (including phenoxy) is 1. The first-order chi connectivity index (χ1) is 10.3. The number of piperidine rings is 1. The van der Waals surface area contributed by atoms with Crippen LogP contribution in [0.25, 0.3) is 0 Å². The van der Waals surface area contributed by atoms with Crippen LogP contribution in [0.1, 0.15) is 30.1 Å². The lowest BCUT2D eigenvalue weighted by Gasteiger charge is -2.28. The summed E-state index contributed by atoms with van der Waals surface area (Å²) in [5.74, 6) is -0.0530. The number of benzene rings is 1. The van der Waals surface area contributed by atoms with E-state index in [0.29, 0.717) is 0 Å². The second-order valence-corrected chi connectivity index (χ2v) is 5.66. The zero-order chi connectivity index (χ0) is 14.5. The molecular weight excluding hydrogens is 302 g/mol. The van der Waals surface area contributed by atoms with Crippen molar-refractivity contribution < 1.29 is 9.53 Å². The highest BCUT2D eigenvalue weighted by Crippen LogP contribution is 2.20. The molecule has 3 N–H and O–H groups in total. The van der Waals surface area contributed by atoms with Crippen LogP contribution in [0, 0.1) is 0 Å². The Hall–Kier alpha value is -1.14. The predicted octanol–water partition coefficient (Wildman–Crippen LogP) is 1.14. The summed E-state index contributed by atoms with van der Waals surface area (Å²) in [4.78, 5) is 12.1. The van der Waals surface area contributed by atoms with E-state index >= 15 is 0 Å². The monoisotopic (exact) mass is 325 g/mol. The van der Waals surface area contributed by atoms with E-state index < -0.39 is 0 Å². The molecule has 6 heteroatoms. The van der Waals surface area contributed by atoms with Gasteiger partial charge in [-0.2, -0.15) is 0 Å². The van der Waals surface area contributed by atoms with Gasteiger partial charge in [-0.05, 0) is 43.5 Å². The van der Waals surface area contributed by atoms with E-state index in [0.717, 1.165) is 38.9 Å². The third kappa shape index (κ3) is 4.43. The largest absolute Gasteiger partial charge is 0.368 e. The number of amides is 1. The van der Waals surface area contributed by atoms with Crippen LogP contribution in [0.4, 0.5) is 0 Å². The minimum atomic E-state index is -0.0981. The first-order valence-corrected chi connectivity index (χ1v) is 7.76. The van der Waals surface area contributed by atoms with Crippen molar-refractivity contribution in [2.24, 2.45) is 0 Å². The van der Waals surface area contributed by atoms with E-state index in [2.05, 4.69) is 28.1 Å². The molecular formula is C16H24ClN3O2. The van der Waals surface area contributed by atoms with Crippen LogP contribution < -0.4 is 16.0 Å². The summed E-state index contributed by atoms with van der Waals surface area (Å²) < 4.78 is 5.69. The fraction of sp³-hybridized carbons (Fsp3) is 0.562. The Morgan fingerprint density at radius 1 is 1.23 bits per heavy atom. The topological polar surface area (TPSA) is 62.4 Å². The lowest BCUT2D eigenvalue weighted by molar-refractivity contribution is -0.129. The van der Waals surface area contributed by atoms with Crippen LogP contribution >= 0.6 is 12.4 Å². The molecule has 1 aromatic carbocycles. The van der Waals surface area contributed by atoms with Crippen molar-refractivity contribution in [2.45, 2.75) is 31.5 Å². The van der Waals surface area contributed by atoms with Gasteiger partial charge in [0.15, 0.2) is 0 Å². The molecule has 0 aliphatic carbocycles. The minimum absolute atomic E-state index is 0. The smallest absolute Gasteiger partial charge is 0.247 e. The van der Waals surface area contributed by atoms with Crippen LogP contribution in [0.15, 0.2) is 24.3 Å². The lowest BCUT2D eigenvalue weighted by atomic mass is 9.98. The Balaban J connectivity index is 0.00000176. The Morgan fingerprint density at radius 3 is 2.82 bits per heavy atom. The number of fused-ring (bicyclic) bond motifs is 1. The molecule has 122 valence electrons. The van der Waals surface area contributed by atoms with Gasteiger partial charge < -0.3 is 15.4 Å². The molecule has 2 aliphatic rings. The van der Waals surface area contributed by atoms with Crippen LogP contribution in [0.2, 0.25) is 0 Å². The maximum absolute atomic E-state index is 12.1. The summed E-state index contributed by atoms with van der Waals surface area (Å²) in [6.07, 6.45) is 3.09. The predicted molar refractivity (Wildman–Crippen MR) is 88.1 cm³/mol. The van der Waals surface area contributed by atoms with E-state index in [-0.39, 0.29) is 37.2 Å². The number of carbonyl (C=O) groups is 1. The van der Waals surface area contributed by atoms with Crippen molar-refractivity contribution in [1.29, 1.82) is 0 Å². The van der Waals surface area contributed by atoms with E-state index in [1.807, 2.05) is 12.1 Å². The molecule has 0 aromatic heterocycles. The van der Waals surface area contributed by atoms with Crippen molar-refractivity contribution in [3.05, 3.63) is 35.4 Å². The molecule has 5 nitrogen and oxygen atoms in total. The molecule has 0 bridgehead atoms. The molecule has 0 saturated carbocycles. The maximum atomic E-state index is 12.1. The van der Waals surface area contributed by atoms with Gasteiger partial charge in [-0.15, -0.1) is 12.4 Å². The van der Waals surface area contributed by atoms with E-state index in [1.54, 1.807) is 0 Å². The summed E-state index contributed by atoms with van der Waals surface area (Å²) in [5, 5.41) is 9.66. The Labute approximate surface area is 137 Å². The van der Waals surface area contributed by atoms with Gasteiger partial charge in [0.2, 0.25) is 5.91 Å². The van der Waals surface area contributed by atoms with Gasteiger partial charge in [-0.25, -0.2) is 0 Å². The zero-order valence-corrected chi connectivity index (χ0v) is 13.5. The molecule has 1 amide bonds. The molecule has 1 unspecified atom stereocenters. The van der Waals surface area contributed by atoms with Gasteiger partial charge in [0, 0.05) is 6.54 Å². The SMILES string of the molecule is Cl.O=C(COC1CCNCC1)NC1NCCc2ccccc21. The van der Waals surface area contributed by atoms with Gasteiger partial charge in [-0.3, -0.25) is 10.1 Å².